The molecule has 4 heterocycles. The summed E-state index contributed by atoms with van der Waals surface area (Å²) in [6.45, 7) is 4.76. The van der Waals surface area contributed by atoms with Crippen LogP contribution in [0, 0.1) is 0 Å². The van der Waals surface area contributed by atoms with Gasteiger partial charge in [0.05, 0.1) is 36.9 Å². The lowest BCUT2D eigenvalue weighted by Crippen LogP contribution is -2.42. The standard InChI is InChI=1S/C22H30ClN5O6S2/c1-15(2)16-3-4-20(25-11-16)36(32,33)27-7-5-17(6-8-27)28-22(29)21(23)19(13-26-28)24-12-18-14-34-9-10-35(18,30)31/h3-4,11,13,15,17-18,24H,5-10,12,14H2,1-2H3/t18-/m0/s1. The first-order valence-electron chi connectivity index (χ1n) is 11.8. The van der Waals surface area contributed by atoms with Crippen molar-refractivity contribution in [3.63, 3.8) is 0 Å². The van der Waals surface area contributed by atoms with E-state index in [1.54, 1.807) is 12.3 Å². The van der Waals surface area contributed by atoms with Gasteiger partial charge in [0.15, 0.2) is 14.9 Å². The van der Waals surface area contributed by atoms with Crippen molar-refractivity contribution in [1.82, 2.24) is 19.1 Å². The van der Waals surface area contributed by atoms with Crippen LogP contribution >= 0.6 is 11.6 Å². The number of anilines is 1. The number of sulfonamides is 1. The highest BCUT2D eigenvalue weighted by atomic mass is 35.5. The van der Waals surface area contributed by atoms with Gasteiger partial charge in [0.1, 0.15) is 10.3 Å². The molecule has 0 saturated carbocycles. The van der Waals surface area contributed by atoms with Crippen LogP contribution < -0.4 is 10.9 Å². The van der Waals surface area contributed by atoms with E-state index in [0.29, 0.717) is 12.8 Å². The number of piperidine rings is 1. The quantitative estimate of drug-likeness (QED) is 0.536. The summed E-state index contributed by atoms with van der Waals surface area (Å²) >= 11 is 6.29. The molecule has 11 nitrogen and oxygen atoms in total. The van der Waals surface area contributed by atoms with E-state index >= 15 is 0 Å². The van der Waals surface area contributed by atoms with Gasteiger partial charge in [-0.25, -0.2) is 26.5 Å². The molecule has 0 unspecified atom stereocenters. The second-order valence-corrected chi connectivity index (χ2v) is 13.9. The third-order valence-electron chi connectivity index (χ3n) is 6.59. The third kappa shape index (κ3) is 5.59. The molecule has 4 rings (SSSR count). The van der Waals surface area contributed by atoms with Gasteiger partial charge in [-0.05, 0) is 30.4 Å². The molecule has 0 amide bonds. The average Bonchev–Trinajstić information content (AvgIpc) is 2.85. The number of pyridine rings is 1. The molecule has 14 heteroatoms. The number of nitrogens with zero attached hydrogens (tertiary/aromatic N) is 4. The molecule has 2 aliphatic heterocycles. The second kappa shape index (κ2) is 10.7. The van der Waals surface area contributed by atoms with Gasteiger partial charge in [-0.15, -0.1) is 0 Å². The molecule has 2 aromatic rings. The van der Waals surface area contributed by atoms with Crippen LogP contribution in [0.5, 0.6) is 0 Å². The lowest BCUT2D eigenvalue weighted by atomic mass is 10.1. The number of sulfone groups is 1. The zero-order valence-corrected chi connectivity index (χ0v) is 22.5. The normalized spacial score (nSPS) is 21.5. The Morgan fingerprint density at radius 1 is 1.22 bits per heavy atom. The van der Waals surface area contributed by atoms with Crippen LogP contribution in [0.4, 0.5) is 5.69 Å². The van der Waals surface area contributed by atoms with Crippen LogP contribution in [0.1, 0.15) is 44.2 Å². The van der Waals surface area contributed by atoms with Gasteiger partial charge < -0.3 is 10.1 Å². The van der Waals surface area contributed by atoms with Crippen molar-refractivity contribution in [3.8, 4) is 0 Å². The minimum Gasteiger partial charge on any atom is -0.381 e. The van der Waals surface area contributed by atoms with Crippen molar-refractivity contribution in [1.29, 1.82) is 0 Å². The molecule has 2 aromatic heterocycles. The topological polar surface area (TPSA) is 141 Å². The Bertz CT molecular complexity index is 1350. The molecule has 198 valence electrons. The minimum atomic E-state index is -3.74. The molecule has 0 spiro atoms. The number of ether oxygens (including phenoxy) is 1. The maximum Gasteiger partial charge on any atom is 0.287 e. The van der Waals surface area contributed by atoms with Gasteiger partial charge in [-0.1, -0.05) is 31.5 Å². The fourth-order valence-corrected chi connectivity index (χ4v) is 7.15. The Balaban J connectivity index is 1.41. The maximum atomic E-state index is 13.0. The van der Waals surface area contributed by atoms with E-state index in [2.05, 4.69) is 15.4 Å². The molecule has 36 heavy (non-hydrogen) atoms. The number of halogens is 1. The van der Waals surface area contributed by atoms with Crippen molar-refractivity contribution in [2.75, 3.05) is 43.9 Å². The monoisotopic (exact) mass is 559 g/mol. The van der Waals surface area contributed by atoms with Gasteiger partial charge in [0, 0.05) is 25.8 Å². The Hall–Kier alpha value is -2.06. The zero-order chi connectivity index (χ0) is 26.1. The van der Waals surface area contributed by atoms with Crippen molar-refractivity contribution in [2.45, 2.75) is 48.9 Å². The maximum absolute atomic E-state index is 13.0. The van der Waals surface area contributed by atoms with Gasteiger partial charge in [-0.2, -0.15) is 9.40 Å². The minimum absolute atomic E-state index is 0.00416. The van der Waals surface area contributed by atoms with Crippen LogP contribution in [0.15, 0.2) is 34.3 Å². The molecule has 2 fully saturated rings. The highest BCUT2D eigenvalue weighted by Crippen LogP contribution is 2.27. The molecule has 1 atom stereocenters. The Kier molecular flexibility index (Phi) is 8.05. The second-order valence-electron chi connectivity index (χ2n) is 9.29. The summed E-state index contributed by atoms with van der Waals surface area (Å²) < 4.78 is 58.3. The van der Waals surface area contributed by atoms with E-state index < -0.39 is 30.7 Å². The fraction of sp³-hybridized carbons (Fsp3) is 0.591. The lowest BCUT2D eigenvalue weighted by Gasteiger charge is -2.31. The van der Waals surface area contributed by atoms with Crippen LogP contribution in [-0.4, -0.2) is 79.8 Å². The van der Waals surface area contributed by atoms with Gasteiger partial charge in [0.2, 0.25) is 0 Å². The average molecular weight is 560 g/mol. The van der Waals surface area contributed by atoms with E-state index in [0.717, 1.165) is 5.56 Å². The molecule has 2 aliphatic rings. The van der Waals surface area contributed by atoms with E-state index in [4.69, 9.17) is 16.3 Å². The smallest absolute Gasteiger partial charge is 0.287 e. The van der Waals surface area contributed by atoms with E-state index in [1.165, 1.54) is 21.3 Å². The highest BCUT2D eigenvalue weighted by molar-refractivity contribution is 7.92. The predicted octanol–water partition coefficient (Wildman–Crippen LogP) is 1.67. The molecule has 2 saturated heterocycles. The van der Waals surface area contributed by atoms with Gasteiger partial charge >= 0.3 is 0 Å². The summed E-state index contributed by atoms with van der Waals surface area (Å²) in [6.07, 6.45) is 3.75. The van der Waals surface area contributed by atoms with Crippen LogP contribution in [0.25, 0.3) is 0 Å². The van der Waals surface area contributed by atoms with Crippen LogP contribution in [-0.2, 0) is 24.6 Å². The van der Waals surface area contributed by atoms with E-state index in [-0.39, 0.29) is 66.3 Å². The first-order valence-corrected chi connectivity index (χ1v) is 15.3. The third-order valence-corrected chi connectivity index (χ3v) is 10.8. The molecule has 0 aromatic carbocycles. The van der Waals surface area contributed by atoms with E-state index in [9.17, 15) is 21.6 Å². The number of hydrogen-bond acceptors (Lipinski definition) is 9. The molecule has 1 N–H and O–H groups in total. The van der Waals surface area contributed by atoms with E-state index in [1.807, 2.05) is 13.8 Å². The molecule has 0 radical (unpaired) electrons. The van der Waals surface area contributed by atoms with Crippen molar-refractivity contribution in [2.24, 2.45) is 0 Å². The number of nitrogens with one attached hydrogen (secondary N) is 1. The number of hydrogen-bond donors (Lipinski definition) is 1. The largest absolute Gasteiger partial charge is 0.381 e. The molecular weight excluding hydrogens is 530 g/mol. The Morgan fingerprint density at radius 2 is 1.94 bits per heavy atom. The predicted molar refractivity (Wildman–Crippen MR) is 136 cm³/mol. The zero-order valence-electron chi connectivity index (χ0n) is 20.1. The number of rotatable bonds is 7. The summed E-state index contributed by atoms with van der Waals surface area (Å²) in [5.74, 6) is 0.208. The molecular formula is C22H30ClN5O6S2. The molecule has 0 aliphatic carbocycles. The summed E-state index contributed by atoms with van der Waals surface area (Å²) in [4.78, 5) is 17.1. The van der Waals surface area contributed by atoms with Gasteiger partial charge in [0.25, 0.3) is 15.6 Å². The highest BCUT2D eigenvalue weighted by Gasteiger charge is 2.33. The summed E-state index contributed by atoms with van der Waals surface area (Å²) in [6, 6.07) is 2.98. The first kappa shape index (κ1) is 27.0. The van der Waals surface area contributed by atoms with Crippen molar-refractivity contribution >= 4 is 37.1 Å². The fourth-order valence-electron chi connectivity index (χ4n) is 4.24. The van der Waals surface area contributed by atoms with Crippen molar-refractivity contribution < 1.29 is 21.6 Å². The van der Waals surface area contributed by atoms with Crippen LogP contribution in [0.2, 0.25) is 5.02 Å². The lowest BCUT2D eigenvalue weighted by molar-refractivity contribution is 0.140. The van der Waals surface area contributed by atoms with Crippen LogP contribution in [0.3, 0.4) is 0 Å². The number of aromatic nitrogens is 3. The Morgan fingerprint density at radius 3 is 2.56 bits per heavy atom. The Labute approximate surface area is 215 Å². The summed E-state index contributed by atoms with van der Waals surface area (Å²) in [5, 5.41) is 6.32. The summed E-state index contributed by atoms with van der Waals surface area (Å²) in [7, 11) is -7.02. The molecule has 0 bridgehead atoms. The van der Waals surface area contributed by atoms with Crippen molar-refractivity contribution in [3.05, 3.63) is 45.5 Å². The first-order chi connectivity index (χ1) is 17.0. The van der Waals surface area contributed by atoms with Gasteiger partial charge in [-0.3, -0.25) is 4.79 Å². The SMILES string of the molecule is CC(C)c1ccc(S(=O)(=O)N2CCC(n3ncc(NC[C@H]4COCCS4(=O)=O)c(Cl)c3=O)CC2)nc1. The summed E-state index contributed by atoms with van der Waals surface area (Å²) in [5.41, 5.74) is 0.688.